The van der Waals surface area contributed by atoms with Crippen molar-refractivity contribution in [2.24, 2.45) is 0 Å². The number of rotatable bonds is 4. The maximum Gasteiger partial charge on any atom is 0.417 e. The first-order valence-electron chi connectivity index (χ1n) is 8.46. The number of amides is 1. The van der Waals surface area contributed by atoms with E-state index in [0.717, 1.165) is 10.4 Å². The summed E-state index contributed by atoms with van der Waals surface area (Å²) in [7, 11) is -3.70. The molecule has 1 aliphatic heterocycles. The smallest absolute Gasteiger partial charge is 0.417 e. The third-order valence-electron chi connectivity index (χ3n) is 4.27. The first kappa shape index (κ1) is 21.3. The monoisotopic (exact) mass is 448 g/mol. The van der Waals surface area contributed by atoms with Gasteiger partial charge in [0.15, 0.2) is 6.10 Å². The standard InChI is InChI=1S/C18H16ClF3N2O4S/c1-2-29(26,27)24-10-16(28-15-6-4-3-5-14(15)24)17(25)23-11-7-8-13(19)12(9-11)18(20,21)22/h3-9,16H,2,10H2,1H3,(H,23,25)/t16-/m0/s1. The molecule has 1 atom stereocenters. The molecule has 1 amide bonds. The molecule has 11 heteroatoms. The molecule has 1 N–H and O–H groups in total. The third kappa shape index (κ3) is 4.43. The van der Waals surface area contributed by atoms with E-state index in [1.165, 1.54) is 19.1 Å². The first-order valence-corrected chi connectivity index (χ1v) is 10.5. The van der Waals surface area contributed by atoms with Crippen LogP contribution in [0, 0.1) is 0 Å². The summed E-state index contributed by atoms with van der Waals surface area (Å²) in [5.74, 6) is -0.795. The average Bonchev–Trinajstić information content (AvgIpc) is 2.67. The van der Waals surface area contributed by atoms with Gasteiger partial charge in [-0.3, -0.25) is 9.10 Å². The van der Waals surface area contributed by atoms with Crippen LogP contribution in [0.2, 0.25) is 5.02 Å². The van der Waals surface area contributed by atoms with Gasteiger partial charge in [0.2, 0.25) is 10.0 Å². The summed E-state index contributed by atoms with van der Waals surface area (Å²) < 4.78 is 70.6. The molecule has 2 aromatic carbocycles. The van der Waals surface area contributed by atoms with Crippen LogP contribution in [-0.2, 0) is 21.0 Å². The van der Waals surface area contributed by atoms with Crippen molar-refractivity contribution in [3.63, 3.8) is 0 Å². The average molecular weight is 449 g/mol. The maximum absolute atomic E-state index is 13.0. The zero-order valence-corrected chi connectivity index (χ0v) is 16.6. The Morgan fingerprint density at radius 1 is 1.28 bits per heavy atom. The van der Waals surface area contributed by atoms with E-state index in [9.17, 15) is 26.4 Å². The second-order valence-electron chi connectivity index (χ2n) is 6.19. The van der Waals surface area contributed by atoms with Crippen LogP contribution in [0.25, 0.3) is 0 Å². The number of alkyl halides is 3. The zero-order valence-electron chi connectivity index (χ0n) is 15.0. The highest BCUT2D eigenvalue weighted by atomic mass is 35.5. The molecule has 1 heterocycles. The quantitative estimate of drug-likeness (QED) is 0.769. The Morgan fingerprint density at radius 2 is 1.97 bits per heavy atom. The molecule has 0 aromatic heterocycles. The van der Waals surface area contributed by atoms with Gasteiger partial charge in [-0.2, -0.15) is 13.2 Å². The molecule has 1 aliphatic rings. The summed E-state index contributed by atoms with van der Waals surface area (Å²) in [6, 6.07) is 9.25. The molecule has 0 spiro atoms. The number of sulfonamides is 1. The van der Waals surface area contributed by atoms with Gasteiger partial charge in [-0.1, -0.05) is 23.7 Å². The first-order chi connectivity index (χ1) is 13.5. The molecule has 0 saturated carbocycles. The lowest BCUT2D eigenvalue weighted by molar-refractivity contribution is -0.137. The predicted molar refractivity (Wildman–Crippen MR) is 103 cm³/mol. The van der Waals surface area contributed by atoms with E-state index < -0.39 is 38.8 Å². The van der Waals surface area contributed by atoms with Crippen LogP contribution >= 0.6 is 11.6 Å². The largest absolute Gasteiger partial charge is 0.476 e. The highest BCUT2D eigenvalue weighted by Crippen LogP contribution is 2.37. The van der Waals surface area contributed by atoms with Crippen LogP contribution in [0.3, 0.4) is 0 Å². The molecule has 0 fully saturated rings. The number of nitrogens with zero attached hydrogens (tertiary/aromatic N) is 1. The van der Waals surface area contributed by atoms with Gasteiger partial charge in [-0.25, -0.2) is 8.42 Å². The van der Waals surface area contributed by atoms with E-state index in [1.807, 2.05) is 0 Å². The number of fused-ring (bicyclic) bond motifs is 1. The van der Waals surface area contributed by atoms with Crippen molar-refractivity contribution in [2.45, 2.75) is 19.2 Å². The van der Waals surface area contributed by atoms with Gasteiger partial charge >= 0.3 is 6.18 Å². The molecule has 29 heavy (non-hydrogen) atoms. The molecule has 0 unspecified atom stereocenters. The topological polar surface area (TPSA) is 75.7 Å². The van der Waals surface area contributed by atoms with E-state index in [4.69, 9.17) is 16.3 Å². The number of halogens is 4. The Balaban J connectivity index is 1.87. The number of nitrogens with one attached hydrogen (secondary N) is 1. The van der Waals surface area contributed by atoms with Gasteiger partial charge in [-0.15, -0.1) is 0 Å². The van der Waals surface area contributed by atoms with Crippen molar-refractivity contribution < 1.29 is 31.1 Å². The normalized spacial score (nSPS) is 16.7. The number of carbonyl (C=O) groups excluding carboxylic acids is 1. The van der Waals surface area contributed by atoms with Gasteiger partial charge in [0, 0.05) is 5.69 Å². The number of ether oxygens (including phenoxy) is 1. The highest BCUT2D eigenvalue weighted by Gasteiger charge is 2.37. The van der Waals surface area contributed by atoms with Crippen LogP contribution in [0.4, 0.5) is 24.5 Å². The van der Waals surface area contributed by atoms with E-state index in [0.29, 0.717) is 11.8 Å². The highest BCUT2D eigenvalue weighted by molar-refractivity contribution is 7.92. The summed E-state index contributed by atoms with van der Waals surface area (Å²) in [4.78, 5) is 12.6. The molecule has 6 nitrogen and oxygen atoms in total. The number of anilines is 2. The van der Waals surface area contributed by atoms with Crippen molar-refractivity contribution in [3.05, 3.63) is 53.1 Å². The Morgan fingerprint density at radius 3 is 2.62 bits per heavy atom. The third-order valence-corrected chi connectivity index (χ3v) is 6.34. The lowest BCUT2D eigenvalue weighted by Gasteiger charge is -2.34. The molecule has 156 valence electrons. The number of carbonyl (C=O) groups is 1. The molecule has 0 radical (unpaired) electrons. The van der Waals surface area contributed by atoms with Gasteiger partial charge < -0.3 is 10.1 Å². The van der Waals surface area contributed by atoms with Crippen molar-refractivity contribution in [3.8, 4) is 5.75 Å². The fraction of sp³-hybridized carbons (Fsp3) is 0.278. The maximum atomic E-state index is 13.0. The summed E-state index contributed by atoms with van der Waals surface area (Å²) in [5.41, 5.74) is -0.939. The number of hydrogen-bond acceptors (Lipinski definition) is 4. The van der Waals surface area contributed by atoms with Crippen LogP contribution in [0.15, 0.2) is 42.5 Å². The predicted octanol–water partition coefficient (Wildman–Crippen LogP) is 3.91. The lowest BCUT2D eigenvalue weighted by atomic mass is 10.1. The van der Waals surface area contributed by atoms with Crippen LogP contribution in [-0.4, -0.2) is 32.7 Å². The Labute approximate surface area is 170 Å². The Hall–Kier alpha value is -2.46. The van der Waals surface area contributed by atoms with Crippen molar-refractivity contribution >= 4 is 38.9 Å². The van der Waals surface area contributed by atoms with Crippen molar-refractivity contribution in [2.75, 3.05) is 21.9 Å². The molecular weight excluding hydrogens is 433 g/mol. The minimum atomic E-state index is -4.69. The summed E-state index contributed by atoms with van der Waals surface area (Å²) in [5, 5.41) is 1.83. The lowest BCUT2D eigenvalue weighted by Crippen LogP contribution is -2.49. The minimum absolute atomic E-state index is 0.140. The van der Waals surface area contributed by atoms with E-state index in [-0.39, 0.29) is 23.7 Å². The minimum Gasteiger partial charge on any atom is -0.476 e. The van der Waals surface area contributed by atoms with Crippen molar-refractivity contribution in [1.29, 1.82) is 0 Å². The summed E-state index contributed by atoms with van der Waals surface area (Å²) >= 11 is 5.58. The van der Waals surface area contributed by atoms with Gasteiger partial charge in [0.1, 0.15) is 5.75 Å². The molecule has 3 rings (SSSR count). The molecule has 2 aromatic rings. The number of hydrogen-bond donors (Lipinski definition) is 1. The second-order valence-corrected chi connectivity index (χ2v) is 8.78. The van der Waals surface area contributed by atoms with Crippen LogP contribution in [0.1, 0.15) is 12.5 Å². The van der Waals surface area contributed by atoms with E-state index in [2.05, 4.69) is 5.32 Å². The number of para-hydroxylation sites is 2. The second kappa shape index (κ2) is 7.75. The molecule has 0 saturated heterocycles. The SMILES string of the molecule is CCS(=O)(=O)N1C[C@@H](C(=O)Nc2ccc(Cl)c(C(F)(F)F)c2)Oc2ccccc21. The Kier molecular flexibility index (Phi) is 5.68. The van der Waals surface area contributed by atoms with Gasteiger partial charge in [0.25, 0.3) is 5.91 Å². The Bertz CT molecular complexity index is 1040. The van der Waals surface area contributed by atoms with Crippen molar-refractivity contribution in [1.82, 2.24) is 0 Å². The molecule has 0 aliphatic carbocycles. The van der Waals surface area contributed by atoms with Crippen LogP contribution in [0.5, 0.6) is 5.75 Å². The summed E-state index contributed by atoms with van der Waals surface area (Å²) in [6.45, 7) is 1.16. The fourth-order valence-electron chi connectivity index (χ4n) is 2.80. The van der Waals surface area contributed by atoms with Gasteiger partial charge in [0.05, 0.1) is 28.6 Å². The van der Waals surface area contributed by atoms with Gasteiger partial charge in [-0.05, 0) is 37.3 Å². The summed E-state index contributed by atoms with van der Waals surface area (Å²) in [6.07, 6.45) is -5.94. The fourth-order valence-corrected chi connectivity index (χ4v) is 4.15. The number of benzene rings is 2. The van der Waals surface area contributed by atoms with E-state index in [1.54, 1.807) is 18.2 Å². The molecular formula is C18H16ClF3N2O4S. The molecule has 0 bridgehead atoms. The van der Waals surface area contributed by atoms with E-state index >= 15 is 0 Å². The van der Waals surface area contributed by atoms with Crippen LogP contribution < -0.4 is 14.4 Å². The zero-order chi connectivity index (χ0) is 21.4.